The molecule has 2 aromatic heterocycles. The Morgan fingerprint density at radius 2 is 2.17 bits per heavy atom. The van der Waals surface area contributed by atoms with Crippen LogP contribution in [0.3, 0.4) is 0 Å². The molecule has 0 atom stereocenters. The lowest BCUT2D eigenvalue weighted by Crippen LogP contribution is -2.03. The molecular weight excluding hydrogens is 302 g/mol. The number of hydrogen-bond acceptors (Lipinski definition) is 4. The van der Waals surface area contributed by atoms with Gasteiger partial charge < -0.3 is 4.42 Å². The first-order valence-corrected chi connectivity index (χ1v) is 8.34. The molecule has 0 saturated heterocycles. The Hall–Kier alpha value is -2.69. The van der Waals surface area contributed by atoms with Gasteiger partial charge in [0.25, 0.3) is 0 Å². The molecule has 0 radical (unpaired) electrons. The van der Waals surface area contributed by atoms with Crippen molar-refractivity contribution in [1.29, 1.82) is 0 Å². The molecule has 0 fully saturated rings. The van der Waals surface area contributed by atoms with Crippen LogP contribution in [0.25, 0.3) is 22.2 Å². The Morgan fingerprint density at radius 1 is 1.25 bits per heavy atom. The number of unbranched alkanes of at least 4 members (excludes halogenated alkanes) is 3. The van der Waals surface area contributed by atoms with Crippen LogP contribution < -0.4 is 0 Å². The summed E-state index contributed by atoms with van der Waals surface area (Å²) in [5.41, 5.74) is 3.23. The number of carbonyl (C=O) groups is 1. The molecule has 5 heteroatoms. The molecule has 0 unspecified atom stereocenters. The van der Waals surface area contributed by atoms with Crippen molar-refractivity contribution < 1.29 is 9.21 Å². The highest BCUT2D eigenvalue weighted by Crippen LogP contribution is 2.27. The van der Waals surface area contributed by atoms with Crippen LogP contribution in [0.2, 0.25) is 0 Å². The van der Waals surface area contributed by atoms with Crippen molar-refractivity contribution in [1.82, 2.24) is 14.8 Å². The first-order chi connectivity index (χ1) is 11.8. The fourth-order valence-electron chi connectivity index (χ4n) is 2.88. The van der Waals surface area contributed by atoms with E-state index in [2.05, 4.69) is 17.0 Å². The summed E-state index contributed by atoms with van der Waals surface area (Å²) in [6.07, 6.45) is 11.0. The monoisotopic (exact) mass is 323 g/mol. The zero-order valence-corrected chi connectivity index (χ0v) is 13.8. The summed E-state index contributed by atoms with van der Waals surface area (Å²) in [5, 5.41) is 5.21. The highest BCUT2D eigenvalue weighted by Gasteiger charge is 2.13. The molecule has 0 spiro atoms. The van der Waals surface area contributed by atoms with E-state index in [0.717, 1.165) is 47.8 Å². The highest BCUT2D eigenvalue weighted by atomic mass is 16.3. The molecule has 3 rings (SSSR count). The number of hydrogen-bond donors (Lipinski definition) is 0. The van der Waals surface area contributed by atoms with Crippen molar-refractivity contribution in [2.45, 2.75) is 39.0 Å². The van der Waals surface area contributed by atoms with Gasteiger partial charge in [-0.15, -0.1) is 0 Å². The summed E-state index contributed by atoms with van der Waals surface area (Å²) in [5.74, 6) is 0. The van der Waals surface area contributed by atoms with E-state index in [0.29, 0.717) is 5.57 Å². The number of furan rings is 1. The molecule has 0 N–H and O–H groups in total. The molecule has 0 aliphatic carbocycles. The second-order valence-corrected chi connectivity index (χ2v) is 5.80. The Balaban J connectivity index is 1.99. The second kappa shape index (κ2) is 7.73. The van der Waals surface area contributed by atoms with Gasteiger partial charge in [0.05, 0.1) is 12.0 Å². The van der Waals surface area contributed by atoms with E-state index in [1.54, 1.807) is 17.3 Å². The van der Waals surface area contributed by atoms with Crippen LogP contribution in [0.1, 0.15) is 44.6 Å². The summed E-state index contributed by atoms with van der Waals surface area (Å²) < 4.78 is 7.08. The number of carbonyl (C=O) groups excluding carboxylic acids is 1. The van der Waals surface area contributed by atoms with E-state index < -0.39 is 0 Å². The van der Waals surface area contributed by atoms with Crippen molar-refractivity contribution in [2.75, 3.05) is 0 Å². The van der Waals surface area contributed by atoms with E-state index >= 15 is 0 Å². The summed E-state index contributed by atoms with van der Waals surface area (Å²) in [6, 6.07) is 7.69. The molecule has 0 saturated carbocycles. The summed E-state index contributed by atoms with van der Waals surface area (Å²) in [7, 11) is 0. The van der Waals surface area contributed by atoms with Gasteiger partial charge in [-0.2, -0.15) is 5.10 Å². The third kappa shape index (κ3) is 3.45. The molecule has 24 heavy (non-hydrogen) atoms. The van der Waals surface area contributed by atoms with E-state index in [-0.39, 0.29) is 0 Å². The average Bonchev–Trinajstić information content (AvgIpc) is 3.28. The zero-order chi connectivity index (χ0) is 16.8. The maximum atomic E-state index is 11.9. The van der Waals surface area contributed by atoms with Gasteiger partial charge >= 0.3 is 0 Å². The first kappa shape index (κ1) is 16.2. The van der Waals surface area contributed by atoms with E-state index in [1.807, 2.05) is 24.3 Å². The minimum absolute atomic E-state index is 0.653. The Bertz CT molecular complexity index is 831. The van der Waals surface area contributed by atoms with Gasteiger partial charge in [-0.25, -0.2) is 9.67 Å². The van der Waals surface area contributed by atoms with Gasteiger partial charge in [0.15, 0.2) is 6.29 Å². The van der Waals surface area contributed by atoms with Gasteiger partial charge in [0.2, 0.25) is 0 Å². The molecule has 0 aliphatic rings. The second-order valence-electron chi connectivity index (χ2n) is 5.80. The number of aromatic nitrogens is 3. The number of rotatable bonds is 8. The lowest BCUT2D eigenvalue weighted by molar-refractivity contribution is -0.103. The first-order valence-electron chi connectivity index (χ1n) is 8.34. The van der Waals surface area contributed by atoms with Crippen LogP contribution in [-0.2, 0) is 4.79 Å². The number of fused-ring (bicyclic) bond motifs is 1. The van der Waals surface area contributed by atoms with Gasteiger partial charge in [0.1, 0.15) is 18.2 Å². The smallest absolute Gasteiger partial charge is 0.152 e. The molecule has 1 aromatic carbocycles. The molecule has 0 amide bonds. The van der Waals surface area contributed by atoms with Crippen LogP contribution in [0.15, 0.2) is 47.6 Å². The molecule has 0 bridgehead atoms. The zero-order valence-electron chi connectivity index (χ0n) is 13.8. The third-order valence-corrected chi connectivity index (χ3v) is 4.15. The molecule has 2 heterocycles. The molecule has 0 aliphatic heterocycles. The minimum Gasteiger partial charge on any atom is -0.464 e. The maximum Gasteiger partial charge on any atom is 0.152 e. The Morgan fingerprint density at radius 3 is 2.92 bits per heavy atom. The number of benzene rings is 1. The fraction of sp³-hybridized carbons (Fsp3) is 0.316. The number of allylic oxidation sites excluding steroid dienone is 2. The predicted molar refractivity (Wildman–Crippen MR) is 94.2 cm³/mol. The lowest BCUT2D eigenvalue weighted by Gasteiger charge is -2.12. The minimum atomic E-state index is 0.653. The number of nitrogens with zero attached hydrogens (tertiary/aromatic N) is 3. The molecular formula is C19H21N3O2. The Labute approximate surface area is 141 Å². The van der Waals surface area contributed by atoms with Crippen molar-refractivity contribution in [3.63, 3.8) is 0 Å². The van der Waals surface area contributed by atoms with Crippen molar-refractivity contribution in [3.05, 3.63) is 48.7 Å². The highest BCUT2D eigenvalue weighted by molar-refractivity contribution is 6.15. The van der Waals surface area contributed by atoms with Gasteiger partial charge in [-0.3, -0.25) is 4.79 Å². The SMILES string of the molecule is CCCCCCC(=C(C=O)c1ccc2occc2c1)n1cncn1. The average molecular weight is 323 g/mol. The molecule has 124 valence electrons. The van der Waals surface area contributed by atoms with E-state index in [4.69, 9.17) is 4.42 Å². The van der Waals surface area contributed by atoms with E-state index in [1.165, 1.54) is 19.2 Å². The summed E-state index contributed by atoms with van der Waals surface area (Å²) >= 11 is 0. The lowest BCUT2D eigenvalue weighted by atomic mass is 10.00. The van der Waals surface area contributed by atoms with Gasteiger partial charge in [-0.1, -0.05) is 32.3 Å². The van der Waals surface area contributed by atoms with Crippen LogP contribution >= 0.6 is 0 Å². The van der Waals surface area contributed by atoms with Crippen LogP contribution in [-0.4, -0.2) is 21.1 Å². The Kier molecular flexibility index (Phi) is 5.21. The summed E-state index contributed by atoms with van der Waals surface area (Å²) in [6.45, 7) is 2.19. The largest absolute Gasteiger partial charge is 0.464 e. The third-order valence-electron chi connectivity index (χ3n) is 4.15. The molecule has 5 nitrogen and oxygen atoms in total. The normalized spacial score (nSPS) is 12.4. The van der Waals surface area contributed by atoms with Crippen molar-refractivity contribution in [2.24, 2.45) is 0 Å². The van der Waals surface area contributed by atoms with Gasteiger partial charge in [0, 0.05) is 11.0 Å². The van der Waals surface area contributed by atoms with Crippen molar-refractivity contribution >= 4 is 28.5 Å². The molecule has 3 aromatic rings. The maximum absolute atomic E-state index is 11.9. The summed E-state index contributed by atoms with van der Waals surface area (Å²) in [4.78, 5) is 15.9. The van der Waals surface area contributed by atoms with Crippen LogP contribution in [0.5, 0.6) is 0 Å². The van der Waals surface area contributed by atoms with E-state index in [9.17, 15) is 4.79 Å². The standard InChI is InChI=1S/C19H21N3O2/c1-2-3-4-5-6-18(22-14-20-13-21-22)17(12-23)15-7-8-19-16(11-15)9-10-24-19/h7-14H,2-6H2,1H3. The van der Waals surface area contributed by atoms with Gasteiger partial charge in [-0.05, 0) is 36.6 Å². The number of aldehydes is 1. The van der Waals surface area contributed by atoms with Crippen molar-refractivity contribution in [3.8, 4) is 0 Å². The van der Waals surface area contributed by atoms with Crippen LogP contribution in [0, 0.1) is 0 Å². The predicted octanol–water partition coefficient (Wildman–Crippen LogP) is 4.56. The fourth-order valence-corrected chi connectivity index (χ4v) is 2.88. The quantitative estimate of drug-likeness (QED) is 0.346. The van der Waals surface area contributed by atoms with Crippen LogP contribution in [0.4, 0.5) is 0 Å². The topological polar surface area (TPSA) is 60.9 Å².